The zero-order valence-electron chi connectivity index (χ0n) is 10.1. The summed E-state index contributed by atoms with van der Waals surface area (Å²) >= 11 is 0. The largest absolute Gasteiger partial charge is 0.446 e. The monoisotopic (exact) mass is 289 g/mol. The molecule has 108 valence electrons. The molecule has 0 aromatic rings. The summed E-state index contributed by atoms with van der Waals surface area (Å²) in [6.45, 7) is 1.52. The maximum atomic E-state index is 12.2. The highest BCUT2D eigenvalue weighted by atomic mass is 32.2. The van der Waals surface area contributed by atoms with Crippen LogP contribution in [0.1, 0.15) is 13.8 Å². The van der Waals surface area contributed by atoms with E-state index in [0.717, 1.165) is 0 Å². The Hall–Kier alpha value is -1.00. The number of alkyl halides is 2. The normalized spacial score (nSPS) is 12.2. The van der Waals surface area contributed by atoms with E-state index in [2.05, 4.69) is 4.74 Å². The quantitative estimate of drug-likeness (QED) is 0.681. The second-order valence-electron chi connectivity index (χ2n) is 3.60. The molecule has 0 fully saturated rings. The predicted molar refractivity (Wildman–Crippen MR) is 60.3 cm³/mol. The van der Waals surface area contributed by atoms with Crippen LogP contribution in [0, 0.1) is 0 Å². The van der Waals surface area contributed by atoms with Gasteiger partial charge in [0.25, 0.3) is 6.43 Å². The number of carbonyl (C=O) groups excluding carboxylic acids is 1. The van der Waals surface area contributed by atoms with Crippen LogP contribution in [0.2, 0.25) is 0 Å². The first kappa shape index (κ1) is 17.0. The van der Waals surface area contributed by atoms with Crippen LogP contribution >= 0.6 is 0 Å². The molecule has 0 heterocycles. The van der Waals surface area contributed by atoms with Crippen molar-refractivity contribution in [3.63, 3.8) is 0 Å². The average molecular weight is 289 g/mol. The van der Waals surface area contributed by atoms with Gasteiger partial charge in [-0.25, -0.2) is 18.3 Å². The molecule has 1 amide bonds. The first-order valence-electron chi connectivity index (χ1n) is 5.15. The zero-order chi connectivity index (χ0) is 14.3. The lowest BCUT2D eigenvalue weighted by Crippen LogP contribution is -2.47. The average Bonchev–Trinajstić information content (AvgIpc) is 2.13. The number of amides is 1. The lowest BCUT2D eigenvalue weighted by Gasteiger charge is -2.21. The molecule has 0 saturated heterocycles. The molecule has 0 aliphatic carbocycles. The molecular formula is C8H17F2N3O4S. The van der Waals surface area contributed by atoms with Gasteiger partial charge in [-0.05, 0) is 13.8 Å². The zero-order valence-corrected chi connectivity index (χ0v) is 10.9. The van der Waals surface area contributed by atoms with Gasteiger partial charge in [0, 0.05) is 13.1 Å². The Kier molecular flexibility index (Phi) is 7.02. The molecule has 0 aromatic carbocycles. The maximum Gasteiger partial charge on any atom is 0.422 e. The van der Waals surface area contributed by atoms with E-state index < -0.39 is 35.4 Å². The van der Waals surface area contributed by atoms with Crippen LogP contribution in [0.5, 0.6) is 0 Å². The van der Waals surface area contributed by atoms with Gasteiger partial charge in [0.05, 0.1) is 12.6 Å². The predicted octanol–water partition coefficient (Wildman–Crippen LogP) is -0.108. The Balaban J connectivity index is 4.68. The summed E-state index contributed by atoms with van der Waals surface area (Å²) in [5.41, 5.74) is 5.12. The van der Waals surface area contributed by atoms with Gasteiger partial charge in [-0.3, -0.25) is 0 Å². The maximum absolute atomic E-state index is 12.2. The summed E-state index contributed by atoms with van der Waals surface area (Å²) in [6.07, 6.45) is -4.62. The van der Waals surface area contributed by atoms with E-state index in [1.807, 2.05) is 0 Å². The summed E-state index contributed by atoms with van der Waals surface area (Å²) in [7, 11) is -4.38. The molecule has 0 aromatic heterocycles. The van der Waals surface area contributed by atoms with Crippen molar-refractivity contribution in [1.82, 2.24) is 9.03 Å². The number of nitrogens with one attached hydrogen (secondary N) is 1. The molecule has 0 atom stereocenters. The number of hydrogen-bond acceptors (Lipinski definition) is 5. The number of ether oxygens (including phenoxy) is 1. The van der Waals surface area contributed by atoms with Crippen molar-refractivity contribution >= 4 is 16.3 Å². The third kappa shape index (κ3) is 6.67. The standard InChI is InChI=1S/C8H17F2N3O4S/c1-6(2)17-8(14)12-18(15,16)13(4-3-11)5-7(9)10/h6-7H,3-5,11H2,1-2H3,(H,12,14). The van der Waals surface area contributed by atoms with E-state index in [1.54, 1.807) is 0 Å². The van der Waals surface area contributed by atoms with Crippen LogP contribution in [0.4, 0.5) is 13.6 Å². The second kappa shape index (κ2) is 7.44. The molecule has 0 saturated carbocycles. The van der Waals surface area contributed by atoms with Crippen molar-refractivity contribution in [3.05, 3.63) is 0 Å². The van der Waals surface area contributed by atoms with Gasteiger partial charge in [-0.15, -0.1) is 0 Å². The number of halogens is 2. The van der Waals surface area contributed by atoms with Gasteiger partial charge in [-0.1, -0.05) is 0 Å². The fourth-order valence-electron chi connectivity index (χ4n) is 1.02. The first-order chi connectivity index (χ1) is 8.19. The summed E-state index contributed by atoms with van der Waals surface area (Å²) in [5.74, 6) is 0. The highest BCUT2D eigenvalue weighted by Gasteiger charge is 2.27. The SMILES string of the molecule is CC(C)OC(=O)NS(=O)(=O)N(CCN)CC(F)F. The Morgan fingerprint density at radius 2 is 2.00 bits per heavy atom. The molecular weight excluding hydrogens is 272 g/mol. The summed E-state index contributed by atoms with van der Waals surface area (Å²) < 4.78 is 54.0. The van der Waals surface area contributed by atoms with Gasteiger partial charge < -0.3 is 10.5 Å². The lowest BCUT2D eigenvalue weighted by molar-refractivity contribution is 0.114. The Morgan fingerprint density at radius 1 is 1.44 bits per heavy atom. The van der Waals surface area contributed by atoms with Crippen molar-refractivity contribution in [3.8, 4) is 0 Å². The number of nitrogens with zero attached hydrogens (tertiary/aromatic N) is 1. The minimum atomic E-state index is -4.38. The van der Waals surface area contributed by atoms with E-state index in [9.17, 15) is 22.0 Å². The fourth-order valence-corrected chi connectivity index (χ4v) is 2.06. The Morgan fingerprint density at radius 3 is 2.39 bits per heavy atom. The van der Waals surface area contributed by atoms with E-state index in [-0.39, 0.29) is 13.1 Å². The van der Waals surface area contributed by atoms with Crippen LogP contribution in [0.15, 0.2) is 0 Å². The highest BCUT2D eigenvalue weighted by molar-refractivity contribution is 7.87. The van der Waals surface area contributed by atoms with Gasteiger partial charge in [-0.2, -0.15) is 12.7 Å². The number of nitrogens with two attached hydrogens (primary N) is 1. The van der Waals surface area contributed by atoms with Gasteiger partial charge in [0.1, 0.15) is 0 Å². The lowest BCUT2D eigenvalue weighted by atomic mass is 10.5. The van der Waals surface area contributed by atoms with Gasteiger partial charge >= 0.3 is 16.3 Å². The van der Waals surface area contributed by atoms with Gasteiger partial charge in [0.2, 0.25) is 0 Å². The van der Waals surface area contributed by atoms with Crippen molar-refractivity contribution in [2.45, 2.75) is 26.4 Å². The topological polar surface area (TPSA) is 102 Å². The van der Waals surface area contributed by atoms with Crippen molar-refractivity contribution in [2.24, 2.45) is 5.73 Å². The van der Waals surface area contributed by atoms with Crippen molar-refractivity contribution < 1.29 is 26.7 Å². The second-order valence-corrected chi connectivity index (χ2v) is 5.27. The first-order valence-corrected chi connectivity index (χ1v) is 6.59. The van der Waals surface area contributed by atoms with E-state index in [4.69, 9.17) is 5.73 Å². The number of rotatable bonds is 7. The molecule has 10 heteroatoms. The van der Waals surface area contributed by atoms with Crippen LogP contribution in [-0.2, 0) is 14.9 Å². The molecule has 3 N–H and O–H groups in total. The molecule has 0 bridgehead atoms. The van der Waals surface area contributed by atoms with Crippen LogP contribution in [0.3, 0.4) is 0 Å². The fraction of sp³-hybridized carbons (Fsp3) is 0.875. The van der Waals surface area contributed by atoms with Gasteiger partial charge in [0.15, 0.2) is 0 Å². The number of carbonyl (C=O) groups is 1. The minimum Gasteiger partial charge on any atom is -0.446 e. The highest BCUT2D eigenvalue weighted by Crippen LogP contribution is 2.04. The summed E-state index contributed by atoms with van der Waals surface area (Å²) in [4.78, 5) is 11.1. The molecule has 0 aliphatic rings. The van der Waals surface area contributed by atoms with Crippen molar-refractivity contribution in [2.75, 3.05) is 19.6 Å². The Labute approximate surface area is 104 Å². The third-order valence-corrected chi connectivity index (χ3v) is 3.05. The molecule has 18 heavy (non-hydrogen) atoms. The van der Waals surface area contributed by atoms with Crippen LogP contribution < -0.4 is 10.5 Å². The third-order valence-electron chi connectivity index (χ3n) is 1.62. The van der Waals surface area contributed by atoms with E-state index in [0.29, 0.717) is 4.31 Å². The summed E-state index contributed by atoms with van der Waals surface area (Å²) in [5, 5.41) is 0. The number of hydrogen-bond donors (Lipinski definition) is 2. The summed E-state index contributed by atoms with van der Waals surface area (Å²) in [6, 6.07) is 0. The van der Waals surface area contributed by atoms with E-state index in [1.165, 1.54) is 18.6 Å². The van der Waals surface area contributed by atoms with E-state index >= 15 is 0 Å². The Bertz CT molecular complexity index is 361. The molecule has 0 unspecified atom stereocenters. The minimum absolute atomic E-state index is 0.146. The van der Waals surface area contributed by atoms with Crippen molar-refractivity contribution in [1.29, 1.82) is 0 Å². The molecule has 0 radical (unpaired) electrons. The molecule has 0 aliphatic heterocycles. The molecule has 0 rings (SSSR count). The van der Waals surface area contributed by atoms with Crippen LogP contribution in [-0.4, -0.2) is 51.0 Å². The smallest absolute Gasteiger partial charge is 0.422 e. The van der Waals surface area contributed by atoms with Crippen LogP contribution in [0.25, 0.3) is 0 Å². The molecule has 0 spiro atoms. The molecule has 7 nitrogen and oxygen atoms in total.